The average molecular weight is 390 g/mol. The summed E-state index contributed by atoms with van der Waals surface area (Å²) in [7, 11) is 0. The number of hydrogen-bond donors (Lipinski definition) is 2. The second-order valence-corrected chi connectivity index (χ2v) is 7.35. The van der Waals surface area contributed by atoms with Crippen LogP contribution in [0.2, 0.25) is 0 Å². The van der Waals surface area contributed by atoms with Crippen molar-refractivity contribution in [3.63, 3.8) is 0 Å². The van der Waals surface area contributed by atoms with Crippen LogP contribution in [-0.4, -0.2) is 19.7 Å². The van der Waals surface area contributed by atoms with Gasteiger partial charge in [0.05, 0.1) is 10.6 Å². The Bertz CT molecular complexity index is 1090. The highest BCUT2D eigenvalue weighted by molar-refractivity contribution is 5.62. The number of hydrogen-bond acceptors (Lipinski definition) is 5. The molecule has 2 bridgehead atoms. The molecule has 0 saturated carbocycles. The minimum Gasteiger partial charge on any atom is -0.494 e. The van der Waals surface area contributed by atoms with Crippen LogP contribution >= 0.6 is 0 Å². The Labute approximate surface area is 166 Å². The van der Waals surface area contributed by atoms with Crippen molar-refractivity contribution >= 4 is 5.69 Å². The lowest BCUT2D eigenvalue weighted by Crippen LogP contribution is -1.98. The van der Waals surface area contributed by atoms with E-state index >= 15 is 0 Å². The van der Waals surface area contributed by atoms with E-state index in [1.165, 1.54) is 16.7 Å². The summed E-state index contributed by atoms with van der Waals surface area (Å²) in [6.07, 6.45) is 5.10. The summed E-state index contributed by atoms with van der Waals surface area (Å²) in [5, 5.41) is 32.1. The molecule has 2 N–H and O–H groups in total. The quantitative estimate of drug-likeness (QED) is 0.379. The predicted octanol–water partition coefficient (Wildman–Crippen LogP) is 4.52. The third-order valence-electron chi connectivity index (χ3n) is 5.67. The molecule has 5 rings (SSSR count). The molecular weight excluding hydrogens is 372 g/mol. The first kappa shape index (κ1) is 17.4. The number of benzene rings is 2. The van der Waals surface area contributed by atoms with E-state index in [1.807, 2.05) is 0 Å². The van der Waals surface area contributed by atoms with Crippen LogP contribution in [0.1, 0.15) is 34.9 Å². The maximum absolute atomic E-state index is 10.7. The summed E-state index contributed by atoms with van der Waals surface area (Å²) < 4.78 is 7.20. The highest BCUT2D eigenvalue weighted by Crippen LogP contribution is 2.57. The number of fused-ring (bicyclic) bond motifs is 5. The molecule has 2 aliphatic carbocycles. The van der Waals surface area contributed by atoms with Crippen LogP contribution in [0.4, 0.5) is 5.69 Å². The van der Waals surface area contributed by atoms with Gasteiger partial charge in [-0.05, 0) is 48.4 Å². The number of nitro benzene ring substituents is 1. The van der Waals surface area contributed by atoms with Crippen LogP contribution in [0, 0.1) is 10.1 Å². The van der Waals surface area contributed by atoms with E-state index in [9.17, 15) is 20.3 Å². The number of nitrogens with zero attached hydrogens (tertiary/aromatic N) is 2. The van der Waals surface area contributed by atoms with E-state index in [1.54, 1.807) is 36.4 Å². The first-order valence-electron chi connectivity index (χ1n) is 9.34. The molecule has 0 amide bonds. The Balaban J connectivity index is 1.33. The van der Waals surface area contributed by atoms with Gasteiger partial charge in [0, 0.05) is 35.1 Å². The number of nitro groups is 1. The fraction of sp³-hybridized carbons (Fsp3) is 0.182. The van der Waals surface area contributed by atoms with Gasteiger partial charge in [-0.15, -0.1) is 0 Å². The van der Waals surface area contributed by atoms with Gasteiger partial charge in [-0.25, -0.2) is 0 Å². The summed E-state index contributed by atoms with van der Waals surface area (Å²) in [5.41, 5.74) is 3.17. The fourth-order valence-electron chi connectivity index (χ4n) is 4.26. The van der Waals surface area contributed by atoms with Crippen LogP contribution in [0.15, 0.2) is 60.7 Å². The largest absolute Gasteiger partial charge is 0.494 e. The topological polar surface area (TPSA) is 97.8 Å². The maximum atomic E-state index is 10.7. The summed E-state index contributed by atoms with van der Waals surface area (Å²) in [6.45, 7) is 0.278. The van der Waals surface area contributed by atoms with E-state index < -0.39 is 4.92 Å². The molecule has 7 nitrogen and oxygen atoms in total. The Kier molecular flexibility index (Phi) is 3.84. The summed E-state index contributed by atoms with van der Waals surface area (Å²) in [5.74, 6) is 1.15. The fourth-order valence-corrected chi connectivity index (χ4v) is 4.26. The molecule has 7 heteroatoms. The van der Waals surface area contributed by atoms with Gasteiger partial charge in [-0.3, -0.25) is 14.7 Å². The molecule has 2 aromatic carbocycles. The number of aromatic nitrogens is 1. The van der Waals surface area contributed by atoms with Gasteiger partial charge in [0.15, 0.2) is 0 Å². The Hall–Kier alpha value is -3.74. The average Bonchev–Trinajstić information content (AvgIpc) is 3.41. The molecule has 3 aromatic rings. The van der Waals surface area contributed by atoms with Gasteiger partial charge in [0.1, 0.15) is 12.4 Å². The SMILES string of the molecule is O=[N+]([O-])c1ccc(COc2ccc(-n3c(O)c4c(c3O)C3C=CC4C3)cc2)cc1. The first-order chi connectivity index (χ1) is 14.0. The first-order valence-corrected chi connectivity index (χ1v) is 9.34. The van der Waals surface area contributed by atoms with E-state index in [-0.39, 0.29) is 35.9 Å². The van der Waals surface area contributed by atoms with Gasteiger partial charge in [0.25, 0.3) is 5.69 Å². The van der Waals surface area contributed by atoms with Gasteiger partial charge < -0.3 is 14.9 Å². The summed E-state index contributed by atoms with van der Waals surface area (Å²) in [4.78, 5) is 10.3. The second-order valence-electron chi connectivity index (χ2n) is 7.35. The molecule has 1 heterocycles. The van der Waals surface area contributed by atoms with E-state index in [4.69, 9.17) is 4.74 Å². The lowest BCUT2D eigenvalue weighted by atomic mass is 10.0. The van der Waals surface area contributed by atoms with Crippen molar-refractivity contribution < 1.29 is 19.9 Å². The van der Waals surface area contributed by atoms with Crippen molar-refractivity contribution in [2.75, 3.05) is 0 Å². The molecule has 146 valence electrons. The third kappa shape index (κ3) is 2.74. The molecule has 0 spiro atoms. The van der Waals surface area contributed by atoms with Crippen LogP contribution in [0.25, 0.3) is 5.69 Å². The van der Waals surface area contributed by atoms with Gasteiger partial charge >= 0.3 is 0 Å². The Morgan fingerprint density at radius 2 is 1.55 bits per heavy atom. The Morgan fingerprint density at radius 3 is 2.10 bits per heavy atom. The lowest BCUT2D eigenvalue weighted by Gasteiger charge is -2.11. The van der Waals surface area contributed by atoms with Crippen molar-refractivity contribution in [2.24, 2.45) is 0 Å². The molecule has 2 atom stereocenters. The summed E-state index contributed by atoms with van der Waals surface area (Å²) in [6, 6.07) is 13.3. The minimum absolute atomic E-state index is 0.0416. The number of rotatable bonds is 5. The van der Waals surface area contributed by atoms with Gasteiger partial charge in [0.2, 0.25) is 11.8 Å². The van der Waals surface area contributed by atoms with E-state index in [0.29, 0.717) is 11.4 Å². The smallest absolute Gasteiger partial charge is 0.269 e. The predicted molar refractivity (Wildman–Crippen MR) is 106 cm³/mol. The van der Waals surface area contributed by atoms with Crippen LogP contribution < -0.4 is 4.74 Å². The molecule has 1 aromatic heterocycles. The van der Waals surface area contributed by atoms with Gasteiger partial charge in [-0.1, -0.05) is 12.2 Å². The number of aromatic hydroxyl groups is 2. The van der Waals surface area contributed by atoms with Crippen molar-refractivity contribution in [2.45, 2.75) is 24.9 Å². The van der Waals surface area contributed by atoms with Crippen molar-refractivity contribution in [3.05, 3.63) is 87.5 Å². The molecule has 0 radical (unpaired) electrons. The standard InChI is InChI=1S/C22H18N2O5/c25-21-19-14-3-4-15(11-14)20(19)22(26)23(21)16-7-9-18(10-8-16)29-12-13-1-5-17(6-2-13)24(27)28/h1-10,14-15,25-26H,11-12H2. The lowest BCUT2D eigenvalue weighted by molar-refractivity contribution is -0.384. The highest BCUT2D eigenvalue weighted by atomic mass is 16.6. The zero-order valence-corrected chi connectivity index (χ0v) is 15.4. The summed E-state index contributed by atoms with van der Waals surface area (Å²) >= 11 is 0. The van der Waals surface area contributed by atoms with Crippen LogP contribution in [0.3, 0.4) is 0 Å². The molecule has 2 aliphatic rings. The Morgan fingerprint density at radius 1 is 0.966 bits per heavy atom. The van der Waals surface area contributed by atoms with Crippen molar-refractivity contribution in [3.8, 4) is 23.2 Å². The zero-order valence-electron chi connectivity index (χ0n) is 15.4. The molecule has 0 saturated heterocycles. The molecule has 0 fully saturated rings. The minimum atomic E-state index is -0.438. The number of allylic oxidation sites excluding steroid dienone is 2. The monoisotopic (exact) mass is 390 g/mol. The molecule has 0 aliphatic heterocycles. The van der Waals surface area contributed by atoms with E-state index in [0.717, 1.165) is 23.1 Å². The van der Waals surface area contributed by atoms with Gasteiger partial charge in [-0.2, -0.15) is 0 Å². The molecule has 29 heavy (non-hydrogen) atoms. The number of ether oxygens (including phenoxy) is 1. The zero-order chi connectivity index (χ0) is 20.1. The third-order valence-corrected chi connectivity index (χ3v) is 5.67. The second kappa shape index (κ2) is 6.41. The number of non-ortho nitro benzene ring substituents is 1. The molecular formula is C22H18N2O5. The maximum Gasteiger partial charge on any atom is 0.269 e. The molecule has 2 unspecified atom stereocenters. The normalized spacial score (nSPS) is 18.8. The van der Waals surface area contributed by atoms with Crippen molar-refractivity contribution in [1.82, 2.24) is 4.57 Å². The highest BCUT2D eigenvalue weighted by Gasteiger charge is 2.41. The van der Waals surface area contributed by atoms with E-state index in [2.05, 4.69) is 12.2 Å². The van der Waals surface area contributed by atoms with Crippen molar-refractivity contribution in [1.29, 1.82) is 0 Å². The van der Waals surface area contributed by atoms with Crippen LogP contribution in [0.5, 0.6) is 17.5 Å². The van der Waals surface area contributed by atoms with Crippen LogP contribution in [-0.2, 0) is 6.61 Å².